The van der Waals surface area contributed by atoms with Crippen molar-refractivity contribution in [3.05, 3.63) is 36.3 Å². The molecule has 6 bridgehead atoms. The number of anilines is 3. The highest BCUT2D eigenvalue weighted by Gasteiger charge is 2.26. The van der Waals surface area contributed by atoms with Gasteiger partial charge in [-0.15, -0.1) is 0 Å². The SMILES string of the molecule is OC1COC2CCCC(C2)Nc2nc(ncc2F)Nc2cccc(c2)OC[C@@H]1O. The van der Waals surface area contributed by atoms with Crippen molar-refractivity contribution in [2.24, 2.45) is 0 Å². The minimum atomic E-state index is -1.08. The Morgan fingerprint density at radius 3 is 2.90 bits per heavy atom. The fraction of sp³-hybridized carbons (Fsp3) is 0.500. The number of nitrogens with one attached hydrogen (secondary N) is 2. The molecule has 4 atom stereocenters. The van der Waals surface area contributed by atoms with Gasteiger partial charge in [0.25, 0.3) is 0 Å². The van der Waals surface area contributed by atoms with E-state index in [9.17, 15) is 14.6 Å². The molecular formula is C20H25FN4O4. The summed E-state index contributed by atoms with van der Waals surface area (Å²) < 4.78 is 25.7. The van der Waals surface area contributed by atoms with E-state index in [2.05, 4.69) is 20.6 Å². The minimum absolute atomic E-state index is 0.00425. The van der Waals surface area contributed by atoms with Crippen LogP contribution >= 0.6 is 0 Å². The number of benzene rings is 1. The summed E-state index contributed by atoms with van der Waals surface area (Å²) in [5.41, 5.74) is 0.653. The van der Waals surface area contributed by atoms with Crippen LogP contribution in [-0.2, 0) is 4.74 Å². The largest absolute Gasteiger partial charge is 0.491 e. The highest BCUT2D eigenvalue weighted by molar-refractivity contribution is 5.57. The zero-order chi connectivity index (χ0) is 20.2. The lowest BCUT2D eigenvalue weighted by Crippen LogP contribution is -2.38. The second-order valence-corrected chi connectivity index (χ2v) is 7.45. The van der Waals surface area contributed by atoms with Crippen molar-refractivity contribution in [3.8, 4) is 5.75 Å². The third kappa shape index (κ3) is 5.11. The summed E-state index contributed by atoms with van der Waals surface area (Å²) in [6, 6.07) is 7.00. The Morgan fingerprint density at radius 2 is 2.00 bits per heavy atom. The number of hydrogen-bond donors (Lipinski definition) is 4. The molecule has 4 N–H and O–H groups in total. The lowest BCUT2D eigenvalue weighted by molar-refractivity contribution is -0.0783. The quantitative estimate of drug-likeness (QED) is 0.529. The molecule has 9 heteroatoms. The third-order valence-corrected chi connectivity index (χ3v) is 5.17. The first kappa shape index (κ1) is 19.8. The van der Waals surface area contributed by atoms with Gasteiger partial charge in [0.2, 0.25) is 5.95 Å². The van der Waals surface area contributed by atoms with Gasteiger partial charge in [0.1, 0.15) is 24.6 Å². The number of rotatable bonds is 0. The van der Waals surface area contributed by atoms with Crippen molar-refractivity contribution in [1.82, 2.24) is 9.97 Å². The van der Waals surface area contributed by atoms with Crippen molar-refractivity contribution >= 4 is 17.5 Å². The molecule has 0 amide bonds. The van der Waals surface area contributed by atoms with Crippen molar-refractivity contribution in [2.75, 3.05) is 23.8 Å². The van der Waals surface area contributed by atoms with Crippen LogP contribution in [0.4, 0.5) is 21.8 Å². The molecule has 1 aliphatic carbocycles. The predicted octanol–water partition coefficient (Wildman–Crippen LogP) is 2.21. The molecule has 8 nitrogen and oxygen atoms in total. The molecule has 2 aromatic rings. The molecule has 1 aliphatic heterocycles. The number of nitrogens with zero attached hydrogens (tertiary/aromatic N) is 2. The number of halogens is 1. The smallest absolute Gasteiger partial charge is 0.229 e. The van der Waals surface area contributed by atoms with Crippen molar-refractivity contribution in [2.45, 2.75) is 50.0 Å². The van der Waals surface area contributed by atoms with Crippen LogP contribution in [0.15, 0.2) is 30.5 Å². The number of hydrogen-bond acceptors (Lipinski definition) is 8. The second-order valence-electron chi connectivity index (χ2n) is 7.45. The van der Waals surface area contributed by atoms with E-state index >= 15 is 0 Å². The number of aliphatic hydroxyl groups excluding tert-OH is 2. The van der Waals surface area contributed by atoms with Crippen LogP contribution in [-0.4, -0.2) is 57.7 Å². The molecule has 1 aromatic heterocycles. The maximum absolute atomic E-state index is 14.3. The maximum atomic E-state index is 14.3. The Balaban J connectivity index is 1.60. The van der Waals surface area contributed by atoms with Crippen LogP contribution in [0, 0.1) is 5.82 Å². The number of aliphatic hydroxyl groups is 2. The average Bonchev–Trinajstić information content (AvgIpc) is 2.73. The monoisotopic (exact) mass is 404 g/mol. The average molecular weight is 404 g/mol. The predicted molar refractivity (Wildman–Crippen MR) is 105 cm³/mol. The van der Waals surface area contributed by atoms with Crippen molar-refractivity contribution in [3.63, 3.8) is 0 Å². The summed E-state index contributed by atoms with van der Waals surface area (Å²) in [6.07, 6.45) is 2.20. The summed E-state index contributed by atoms with van der Waals surface area (Å²) >= 11 is 0. The standard InChI is InChI=1S/C20H25FN4O4/c21-16-9-22-20-24-13-4-2-6-15(8-13)29-11-18(27)17(26)10-28-14-5-1-3-12(7-14)23-19(16)25-20/h2,4,6,8-9,12,14,17-18,26-27H,1,3,5,7,10-11H2,(H2,22,23,24,25)/t12?,14?,17?,18-/m0/s1. The van der Waals surface area contributed by atoms with E-state index in [0.29, 0.717) is 17.9 Å². The van der Waals surface area contributed by atoms with E-state index in [0.717, 1.165) is 25.5 Å². The van der Waals surface area contributed by atoms with Gasteiger partial charge >= 0.3 is 0 Å². The van der Waals surface area contributed by atoms with Gasteiger partial charge in [-0.25, -0.2) is 9.37 Å². The Bertz CT molecular complexity index is 840. The first-order valence-electron chi connectivity index (χ1n) is 9.83. The van der Waals surface area contributed by atoms with Crippen molar-refractivity contribution in [1.29, 1.82) is 0 Å². The molecule has 2 aliphatic rings. The Labute approximate surface area is 168 Å². The van der Waals surface area contributed by atoms with Gasteiger partial charge in [-0.2, -0.15) is 4.98 Å². The number of ether oxygens (including phenoxy) is 2. The molecule has 1 fully saturated rings. The molecule has 4 rings (SSSR count). The highest BCUT2D eigenvalue weighted by atomic mass is 19.1. The van der Waals surface area contributed by atoms with Gasteiger partial charge in [-0.1, -0.05) is 6.07 Å². The van der Waals surface area contributed by atoms with Gasteiger partial charge in [0.05, 0.1) is 18.9 Å². The first-order chi connectivity index (χ1) is 14.1. The summed E-state index contributed by atoms with van der Waals surface area (Å²) in [5.74, 6) is 0.379. The molecular weight excluding hydrogens is 379 g/mol. The molecule has 3 unspecified atom stereocenters. The molecule has 0 radical (unpaired) electrons. The van der Waals surface area contributed by atoms with Crippen LogP contribution in [0.3, 0.4) is 0 Å². The van der Waals surface area contributed by atoms with Crippen LogP contribution in [0.2, 0.25) is 0 Å². The lowest BCUT2D eigenvalue weighted by atomic mass is 9.92. The Kier molecular flexibility index (Phi) is 6.08. The Morgan fingerprint density at radius 1 is 1.14 bits per heavy atom. The van der Waals surface area contributed by atoms with Gasteiger partial charge < -0.3 is 30.3 Å². The van der Waals surface area contributed by atoms with E-state index in [-0.39, 0.29) is 37.1 Å². The fourth-order valence-electron chi connectivity index (χ4n) is 3.58. The topological polar surface area (TPSA) is 109 Å². The van der Waals surface area contributed by atoms with Crippen molar-refractivity contribution < 1.29 is 24.1 Å². The highest BCUT2D eigenvalue weighted by Crippen LogP contribution is 2.26. The molecule has 0 spiro atoms. The van der Waals surface area contributed by atoms with E-state index < -0.39 is 18.0 Å². The first-order valence-corrected chi connectivity index (χ1v) is 9.83. The maximum Gasteiger partial charge on any atom is 0.229 e. The zero-order valence-electron chi connectivity index (χ0n) is 15.9. The van der Waals surface area contributed by atoms with Gasteiger partial charge in [-0.3, -0.25) is 0 Å². The lowest BCUT2D eigenvalue weighted by Gasteiger charge is -2.31. The number of aromatic nitrogens is 2. The normalized spacial score (nSPS) is 27.7. The molecule has 1 aromatic carbocycles. The van der Waals surface area contributed by atoms with Crippen LogP contribution in [0.1, 0.15) is 25.7 Å². The minimum Gasteiger partial charge on any atom is -0.491 e. The Hall–Kier alpha value is -2.49. The fourth-order valence-corrected chi connectivity index (χ4v) is 3.58. The number of fused-ring (bicyclic) bond motifs is 6. The summed E-state index contributed by atoms with van der Waals surface area (Å²) in [5, 5.41) is 26.6. The third-order valence-electron chi connectivity index (χ3n) is 5.17. The molecule has 0 saturated heterocycles. The van der Waals surface area contributed by atoms with Crippen LogP contribution in [0.25, 0.3) is 0 Å². The van der Waals surface area contributed by atoms with E-state index in [4.69, 9.17) is 9.47 Å². The molecule has 29 heavy (non-hydrogen) atoms. The van der Waals surface area contributed by atoms with E-state index in [1.54, 1.807) is 24.3 Å². The van der Waals surface area contributed by atoms with E-state index in [1.165, 1.54) is 0 Å². The zero-order valence-corrected chi connectivity index (χ0v) is 15.9. The molecule has 156 valence electrons. The molecule has 2 heterocycles. The van der Waals surface area contributed by atoms with Gasteiger partial charge in [0, 0.05) is 17.8 Å². The van der Waals surface area contributed by atoms with E-state index in [1.807, 2.05) is 0 Å². The summed E-state index contributed by atoms with van der Waals surface area (Å²) in [4.78, 5) is 8.28. The van der Waals surface area contributed by atoms with Crippen LogP contribution < -0.4 is 15.4 Å². The summed E-state index contributed by atoms with van der Waals surface area (Å²) in [6.45, 7) is -0.0600. The van der Waals surface area contributed by atoms with Gasteiger partial charge in [0.15, 0.2) is 11.6 Å². The van der Waals surface area contributed by atoms with Gasteiger partial charge in [-0.05, 0) is 37.8 Å². The second kappa shape index (κ2) is 8.89. The summed E-state index contributed by atoms with van der Waals surface area (Å²) in [7, 11) is 0. The molecule has 1 saturated carbocycles. The van der Waals surface area contributed by atoms with Crippen LogP contribution in [0.5, 0.6) is 5.75 Å².